The van der Waals surface area contributed by atoms with Gasteiger partial charge in [0.2, 0.25) is 0 Å². The molecule has 0 atom stereocenters. The van der Waals surface area contributed by atoms with Crippen LogP contribution in [0.3, 0.4) is 0 Å². The summed E-state index contributed by atoms with van der Waals surface area (Å²) in [7, 11) is 0. The zero-order chi connectivity index (χ0) is 11.1. The van der Waals surface area contributed by atoms with E-state index in [0.717, 1.165) is 11.8 Å². The summed E-state index contributed by atoms with van der Waals surface area (Å²) in [6.45, 7) is 0. The van der Waals surface area contributed by atoms with Gasteiger partial charge in [0, 0.05) is 0 Å². The third kappa shape index (κ3) is 4.31. The van der Waals surface area contributed by atoms with Crippen molar-refractivity contribution in [2.45, 2.75) is 77.0 Å². The lowest BCUT2D eigenvalue weighted by Gasteiger charge is -2.06. The van der Waals surface area contributed by atoms with Crippen LogP contribution in [0.15, 0.2) is 12.2 Å². The summed E-state index contributed by atoms with van der Waals surface area (Å²) >= 11 is 0. The molecule has 0 nitrogen and oxygen atoms in total. The number of hydrogen-bond donors (Lipinski definition) is 0. The third-order valence-corrected chi connectivity index (χ3v) is 4.60. The number of hydrogen-bond acceptors (Lipinski definition) is 0. The van der Waals surface area contributed by atoms with E-state index < -0.39 is 0 Å². The summed E-state index contributed by atoms with van der Waals surface area (Å²) in [4.78, 5) is 0. The first kappa shape index (κ1) is 12.2. The molecule has 0 aromatic rings. The van der Waals surface area contributed by atoms with E-state index in [-0.39, 0.29) is 0 Å². The topological polar surface area (TPSA) is 0 Å². The molecule has 0 N–H and O–H groups in total. The van der Waals surface area contributed by atoms with Crippen LogP contribution in [0.1, 0.15) is 77.0 Å². The SMILES string of the molecule is C(=C\CCC1CCCC1)/CCC1CCCC1. The van der Waals surface area contributed by atoms with Gasteiger partial charge in [0.15, 0.2) is 0 Å². The van der Waals surface area contributed by atoms with Crippen molar-refractivity contribution in [3.05, 3.63) is 12.2 Å². The molecule has 2 rings (SSSR count). The second-order valence-corrected chi connectivity index (χ2v) is 5.93. The van der Waals surface area contributed by atoms with E-state index in [0.29, 0.717) is 0 Å². The van der Waals surface area contributed by atoms with E-state index in [1.54, 1.807) is 0 Å². The van der Waals surface area contributed by atoms with Crippen molar-refractivity contribution in [1.82, 2.24) is 0 Å². The number of rotatable bonds is 6. The molecule has 0 heterocycles. The standard InChI is InChI=1S/C16H28/c1(3-9-15-11-5-6-12-15)2-4-10-16-13-7-8-14-16/h1-2,15-16H,3-14H2/b2-1+. The molecule has 2 fully saturated rings. The summed E-state index contributed by atoms with van der Waals surface area (Å²) in [5, 5.41) is 0. The molecule has 2 aliphatic rings. The van der Waals surface area contributed by atoms with Gasteiger partial charge in [0.05, 0.1) is 0 Å². The van der Waals surface area contributed by atoms with Crippen molar-refractivity contribution >= 4 is 0 Å². The summed E-state index contributed by atoms with van der Waals surface area (Å²) in [6.07, 6.45) is 22.5. The highest BCUT2D eigenvalue weighted by Crippen LogP contribution is 2.29. The molecule has 0 bridgehead atoms. The van der Waals surface area contributed by atoms with Crippen molar-refractivity contribution in [2.75, 3.05) is 0 Å². The molecule has 0 unspecified atom stereocenters. The smallest absolute Gasteiger partial charge is 0.0348 e. The van der Waals surface area contributed by atoms with Crippen LogP contribution >= 0.6 is 0 Å². The maximum atomic E-state index is 2.45. The average molecular weight is 220 g/mol. The molecule has 0 aromatic heterocycles. The van der Waals surface area contributed by atoms with Crippen LogP contribution in [0.25, 0.3) is 0 Å². The van der Waals surface area contributed by atoms with E-state index in [9.17, 15) is 0 Å². The van der Waals surface area contributed by atoms with Crippen LogP contribution in [0.4, 0.5) is 0 Å². The summed E-state index contributed by atoms with van der Waals surface area (Å²) < 4.78 is 0. The fourth-order valence-electron chi connectivity index (χ4n) is 3.50. The van der Waals surface area contributed by atoms with E-state index in [1.165, 1.54) is 77.0 Å². The first-order chi connectivity index (χ1) is 7.95. The maximum Gasteiger partial charge on any atom is -0.0348 e. The van der Waals surface area contributed by atoms with Crippen molar-refractivity contribution in [3.63, 3.8) is 0 Å². The Bertz CT molecular complexity index is 170. The molecule has 0 radical (unpaired) electrons. The van der Waals surface area contributed by atoms with E-state index >= 15 is 0 Å². The van der Waals surface area contributed by atoms with Crippen LogP contribution in [0.5, 0.6) is 0 Å². The Kier molecular flexibility index (Phi) is 5.45. The van der Waals surface area contributed by atoms with E-state index in [1.807, 2.05) is 0 Å². The third-order valence-electron chi connectivity index (χ3n) is 4.60. The number of allylic oxidation sites excluding steroid dienone is 2. The quantitative estimate of drug-likeness (QED) is 0.520. The van der Waals surface area contributed by atoms with Crippen LogP contribution in [0, 0.1) is 11.8 Å². The summed E-state index contributed by atoms with van der Waals surface area (Å²) in [6, 6.07) is 0. The van der Waals surface area contributed by atoms with Gasteiger partial charge in [-0.15, -0.1) is 0 Å². The van der Waals surface area contributed by atoms with Crippen LogP contribution in [0.2, 0.25) is 0 Å². The minimum atomic E-state index is 1.07. The van der Waals surface area contributed by atoms with Gasteiger partial charge >= 0.3 is 0 Å². The zero-order valence-electron chi connectivity index (χ0n) is 10.8. The minimum Gasteiger partial charge on any atom is -0.0885 e. The van der Waals surface area contributed by atoms with E-state index in [2.05, 4.69) is 12.2 Å². The lowest BCUT2D eigenvalue weighted by molar-refractivity contribution is 0.502. The molecule has 2 aliphatic carbocycles. The normalized spacial score (nSPS) is 23.8. The predicted molar refractivity (Wildman–Crippen MR) is 71.5 cm³/mol. The predicted octanol–water partition coefficient (Wildman–Crippen LogP) is 5.48. The van der Waals surface area contributed by atoms with Gasteiger partial charge in [-0.05, 0) is 37.5 Å². The van der Waals surface area contributed by atoms with Gasteiger partial charge in [-0.2, -0.15) is 0 Å². The highest BCUT2D eigenvalue weighted by atomic mass is 14.2. The Morgan fingerprint density at radius 1 is 0.625 bits per heavy atom. The summed E-state index contributed by atoms with van der Waals surface area (Å²) in [5.41, 5.74) is 0. The van der Waals surface area contributed by atoms with Gasteiger partial charge in [0.1, 0.15) is 0 Å². The molecular weight excluding hydrogens is 192 g/mol. The Balaban J connectivity index is 1.45. The van der Waals surface area contributed by atoms with Crippen molar-refractivity contribution in [3.8, 4) is 0 Å². The molecule has 16 heavy (non-hydrogen) atoms. The average Bonchev–Trinajstić information content (AvgIpc) is 2.96. The van der Waals surface area contributed by atoms with Gasteiger partial charge in [0.25, 0.3) is 0 Å². The lowest BCUT2D eigenvalue weighted by atomic mass is 10.00. The zero-order valence-corrected chi connectivity index (χ0v) is 10.8. The first-order valence-electron chi connectivity index (χ1n) is 7.60. The van der Waals surface area contributed by atoms with Crippen LogP contribution in [-0.4, -0.2) is 0 Å². The molecule has 92 valence electrons. The molecule has 0 saturated heterocycles. The van der Waals surface area contributed by atoms with Crippen molar-refractivity contribution in [2.24, 2.45) is 11.8 Å². The second-order valence-electron chi connectivity index (χ2n) is 5.93. The van der Waals surface area contributed by atoms with Crippen LogP contribution < -0.4 is 0 Å². The fraction of sp³-hybridized carbons (Fsp3) is 0.875. The van der Waals surface area contributed by atoms with Gasteiger partial charge in [-0.25, -0.2) is 0 Å². The second kappa shape index (κ2) is 7.14. The minimum absolute atomic E-state index is 1.07. The van der Waals surface area contributed by atoms with Gasteiger partial charge in [-0.3, -0.25) is 0 Å². The molecule has 0 spiro atoms. The largest absolute Gasteiger partial charge is 0.0885 e. The van der Waals surface area contributed by atoms with Gasteiger partial charge < -0.3 is 0 Å². The Morgan fingerprint density at radius 3 is 1.38 bits per heavy atom. The highest BCUT2D eigenvalue weighted by Gasteiger charge is 2.14. The first-order valence-corrected chi connectivity index (χ1v) is 7.60. The molecule has 2 saturated carbocycles. The van der Waals surface area contributed by atoms with Crippen molar-refractivity contribution in [1.29, 1.82) is 0 Å². The highest BCUT2D eigenvalue weighted by molar-refractivity contribution is 4.84. The van der Waals surface area contributed by atoms with Crippen molar-refractivity contribution < 1.29 is 0 Å². The van der Waals surface area contributed by atoms with E-state index in [4.69, 9.17) is 0 Å². The van der Waals surface area contributed by atoms with Gasteiger partial charge in [-0.1, -0.05) is 63.5 Å². The molecule has 0 aromatic carbocycles. The molecule has 0 amide bonds. The fourth-order valence-corrected chi connectivity index (χ4v) is 3.50. The maximum absolute atomic E-state index is 2.45. The molecular formula is C16H28. The Labute approximate surface area is 102 Å². The molecule has 0 aliphatic heterocycles. The molecule has 0 heteroatoms. The Morgan fingerprint density at radius 2 is 1.00 bits per heavy atom. The summed E-state index contributed by atoms with van der Waals surface area (Å²) in [5.74, 6) is 2.14. The monoisotopic (exact) mass is 220 g/mol. The van der Waals surface area contributed by atoms with Crippen LogP contribution in [-0.2, 0) is 0 Å². The Hall–Kier alpha value is -0.260. The lowest BCUT2D eigenvalue weighted by Crippen LogP contribution is -1.92.